The number of ether oxygens (including phenoxy) is 1. The zero-order chi connectivity index (χ0) is 16.5. The zero-order valence-corrected chi connectivity index (χ0v) is 14.2. The van der Waals surface area contributed by atoms with E-state index in [1.54, 1.807) is 23.1 Å². The predicted octanol–water partition coefficient (Wildman–Crippen LogP) is 2.22. The first kappa shape index (κ1) is 16.6. The number of benzene rings is 1. The summed E-state index contributed by atoms with van der Waals surface area (Å²) in [5.41, 5.74) is 0.392. The van der Waals surface area contributed by atoms with E-state index in [0.29, 0.717) is 23.7 Å². The van der Waals surface area contributed by atoms with Crippen LogP contribution in [0.15, 0.2) is 18.2 Å². The number of hydrogen-bond acceptors (Lipinski definition) is 4. The minimum Gasteiger partial charge on any atom is -0.490 e. The molecule has 6 nitrogen and oxygen atoms in total. The first-order valence-corrected chi connectivity index (χ1v) is 9.10. The van der Waals surface area contributed by atoms with Gasteiger partial charge in [-0.25, -0.2) is 8.42 Å². The molecule has 1 aromatic rings. The van der Waals surface area contributed by atoms with Crippen molar-refractivity contribution in [3.63, 3.8) is 0 Å². The van der Waals surface area contributed by atoms with Gasteiger partial charge in [0.2, 0.25) is 15.9 Å². The Morgan fingerprint density at radius 1 is 1.36 bits per heavy atom. The highest BCUT2D eigenvalue weighted by molar-refractivity contribution is 7.92. The van der Waals surface area contributed by atoms with E-state index in [1.807, 2.05) is 20.8 Å². The molecule has 0 unspecified atom stereocenters. The van der Waals surface area contributed by atoms with Gasteiger partial charge in [-0.2, -0.15) is 0 Å². The second-order valence-electron chi connectivity index (χ2n) is 6.19. The van der Waals surface area contributed by atoms with Crippen LogP contribution < -0.4 is 14.4 Å². The minimum absolute atomic E-state index is 0.0235. The lowest BCUT2D eigenvalue weighted by molar-refractivity contribution is -0.127. The number of nitrogens with zero attached hydrogens (tertiary/aromatic N) is 1. The van der Waals surface area contributed by atoms with Crippen molar-refractivity contribution in [1.82, 2.24) is 0 Å². The number of fused-ring (bicyclic) bond motifs is 1. The van der Waals surface area contributed by atoms with Gasteiger partial charge in [0.05, 0.1) is 23.0 Å². The number of rotatable bonds is 4. The first-order valence-electron chi connectivity index (χ1n) is 7.20. The van der Waals surface area contributed by atoms with Crippen LogP contribution in [0.25, 0.3) is 0 Å². The third-order valence-electron chi connectivity index (χ3n) is 3.41. The van der Waals surface area contributed by atoms with Gasteiger partial charge < -0.3 is 9.64 Å². The average Bonchev–Trinajstić information content (AvgIpc) is 2.48. The maximum atomic E-state index is 12.7. The molecule has 0 saturated carbocycles. The standard InChI is InChI=1S/C15H22N2O4S/c1-5-8-17-12-9-11(16-22(4,19)20)6-7-13(12)21-10-15(2,3)14(17)18/h6-7,9,16H,5,8,10H2,1-4H3. The summed E-state index contributed by atoms with van der Waals surface area (Å²) in [6, 6.07) is 4.97. The monoisotopic (exact) mass is 326 g/mol. The van der Waals surface area contributed by atoms with E-state index in [9.17, 15) is 13.2 Å². The Morgan fingerprint density at radius 2 is 2.05 bits per heavy atom. The molecule has 0 bridgehead atoms. The van der Waals surface area contributed by atoms with Crippen LogP contribution in [0.3, 0.4) is 0 Å². The summed E-state index contributed by atoms with van der Waals surface area (Å²) >= 11 is 0. The number of carbonyl (C=O) groups is 1. The molecular formula is C15H22N2O4S. The number of sulfonamides is 1. The molecule has 122 valence electrons. The molecule has 0 aliphatic carbocycles. The molecule has 1 N–H and O–H groups in total. The second kappa shape index (κ2) is 5.79. The number of hydrogen-bond donors (Lipinski definition) is 1. The van der Waals surface area contributed by atoms with Crippen LogP contribution in [0, 0.1) is 5.41 Å². The van der Waals surface area contributed by atoms with Crippen molar-refractivity contribution in [3.05, 3.63) is 18.2 Å². The molecule has 0 radical (unpaired) electrons. The first-order chi connectivity index (χ1) is 10.1. The van der Waals surface area contributed by atoms with Gasteiger partial charge in [0.25, 0.3) is 0 Å². The van der Waals surface area contributed by atoms with Gasteiger partial charge in [-0.3, -0.25) is 9.52 Å². The van der Waals surface area contributed by atoms with E-state index in [4.69, 9.17) is 4.74 Å². The maximum Gasteiger partial charge on any atom is 0.236 e. The summed E-state index contributed by atoms with van der Waals surface area (Å²) in [5.74, 6) is 0.566. The summed E-state index contributed by atoms with van der Waals surface area (Å²) in [6.45, 7) is 6.53. The molecule has 1 amide bonds. The minimum atomic E-state index is -3.37. The van der Waals surface area contributed by atoms with Gasteiger partial charge in [-0.15, -0.1) is 0 Å². The van der Waals surface area contributed by atoms with Gasteiger partial charge in [0.15, 0.2) is 0 Å². The van der Waals surface area contributed by atoms with E-state index < -0.39 is 15.4 Å². The Kier molecular flexibility index (Phi) is 4.37. The molecule has 0 atom stereocenters. The van der Waals surface area contributed by atoms with Crippen molar-refractivity contribution in [3.8, 4) is 5.75 Å². The van der Waals surface area contributed by atoms with Crippen LogP contribution in [0.2, 0.25) is 0 Å². The normalized spacial score (nSPS) is 17.5. The second-order valence-corrected chi connectivity index (χ2v) is 7.93. The van der Waals surface area contributed by atoms with Crippen LogP contribution in [0.5, 0.6) is 5.75 Å². The Labute approximate surface area is 131 Å². The van der Waals surface area contributed by atoms with Gasteiger partial charge >= 0.3 is 0 Å². The summed E-state index contributed by atoms with van der Waals surface area (Å²) in [6.07, 6.45) is 1.89. The van der Waals surface area contributed by atoms with Crippen LogP contribution in [-0.4, -0.2) is 33.7 Å². The van der Waals surface area contributed by atoms with Crippen molar-refractivity contribution < 1.29 is 17.9 Å². The number of amides is 1. The molecule has 2 rings (SSSR count). The third kappa shape index (κ3) is 3.52. The van der Waals surface area contributed by atoms with Gasteiger partial charge in [0, 0.05) is 6.54 Å². The lowest BCUT2D eigenvalue weighted by atomic mass is 9.93. The molecule has 1 aliphatic heterocycles. The summed E-state index contributed by atoms with van der Waals surface area (Å²) < 4.78 is 31.0. The Balaban J connectivity index is 2.49. The SMILES string of the molecule is CCCN1C(=O)C(C)(C)COc2ccc(NS(C)(=O)=O)cc21. The Hall–Kier alpha value is -1.76. The fourth-order valence-electron chi connectivity index (χ4n) is 2.37. The van der Waals surface area contributed by atoms with E-state index in [0.717, 1.165) is 12.7 Å². The zero-order valence-electron chi connectivity index (χ0n) is 13.3. The largest absolute Gasteiger partial charge is 0.490 e. The van der Waals surface area contributed by atoms with Gasteiger partial charge in [-0.05, 0) is 38.5 Å². The smallest absolute Gasteiger partial charge is 0.236 e. The average molecular weight is 326 g/mol. The molecule has 1 aliphatic rings. The molecule has 7 heteroatoms. The molecule has 0 spiro atoms. The Bertz CT molecular complexity index is 683. The fraction of sp³-hybridized carbons (Fsp3) is 0.533. The van der Waals surface area contributed by atoms with Crippen molar-refractivity contribution in [2.24, 2.45) is 5.41 Å². The molecule has 0 fully saturated rings. The number of nitrogens with one attached hydrogen (secondary N) is 1. The summed E-state index contributed by atoms with van der Waals surface area (Å²) in [4.78, 5) is 14.4. The highest BCUT2D eigenvalue weighted by atomic mass is 32.2. The molecule has 22 heavy (non-hydrogen) atoms. The lowest BCUT2D eigenvalue weighted by Gasteiger charge is -2.27. The molecular weight excluding hydrogens is 304 g/mol. The van der Waals surface area contributed by atoms with Crippen molar-refractivity contribution in [2.75, 3.05) is 29.0 Å². The summed E-state index contributed by atoms with van der Waals surface area (Å²) in [7, 11) is -3.37. The van der Waals surface area contributed by atoms with Crippen molar-refractivity contribution in [2.45, 2.75) is 27.2 Å². The molecule has 1 aromatic carbocycles. The molecule has 0 aromatic heterocycles. The number of anilines is 2. The molecule has 1 heterocycles. The topological polar surface area (TPSA) is 75.7 Å². The third-order valence-corrected chi connectivity index (χ3v) is 4.02. The fourth-order valence-corrected chi connectivity index (χ4v) is 2.92. The van der Waals surface area contributed by atoms with Gasteiger partial charge in [0.1, 0.15) is 12.4 Å². The Morgan fingerprint density at radius 3 is 2.64 bits per heavy atom. The lowest BCUT2D eigenvalue weighted by Crippen LogP contribution is -2.42. The highest BCUT2D eigenvalue weighted by Crippen LogP contribution is 2.38. The van der Waals surface area contributed by atoms with Crippen molar-refractivity contribution >= 4 is 27.3 Å². The van der Waals surface area contributed by atoms with E-state index >= 15 is 0 Å². The van der Waals surface area contributed by atoms with Crippen molar-refractivity contribution in [1.29, 1.82) is 0 Å². The maximum absolute atomic E-state index is 12.7. The van der Waals surface area contributed by atoms with E-state index in [2.05, 4.69) is 4.72 Å². The number of carbonyl (C=O) groups excluding carboxylic acids is 1. The highest BCUT2D eigenvalue weighted by Gasteiger charge is 2.37. The molecule has 0 saturated heterocycles. The van der Waals surface area contributed by atoms with Crippen LogP contribution in [-0.2, 0) is 14.8 Å². The summed E-state index contributed by atoms with van der Waals surface area (Å²) in [5, 5.41) is 0. The van der Waals surface area contributed by atoms with Crippen LogP contribution in [0.1, 0.15) is 27.2 Å². The van der Waals surface area contributed by atoms with E-state index in [-0.39, 0.29) is 12.5 Å². The van der Waals surface area contributed by atoms with Crippen LogP contribution >= 0.6 is 0 Å². The predicted molar refractivity (Wildman–Crippen MR) is 86.8 cm³/mol. The van der Waals surface area contributed by atoms with Gasteiger partial charge in [-0.1, -0.05) is 6.92 Å². The quantitative estimate of drug-likeness (QED) is 0.920. The van der Waals surface area contributed by atoms with Crippen LogP contribution in [0.4, 0.5) is 11.4 Å². The van der Waals surface area contributed by atoms with E-state index in [1.165, 1.54) is 0 Å².